The molecule has 1 saturated carbocycles. The van der Waals surface area contributed by atoms with Gasteiger partial charge in [0.1, 0.15) is 0 Å². The van der Waals surface area contributed by atoms with Crippen LogP contribution < -0.4 is 10.6 Å². The molecule has 1 saturated heterocycles. The van der Waals surface area contributed by atoms with Crippen LogP contribution in [-0.2, 0) is 0 Å². The predicted octanol–water partition coefficient (Wildman–Crippen LogP) is 0.202. The van der Waals surface area contributed by atoms with E-state index >= 15 is 0 Å². The van der Waals surface area contributed by atoms with Crippen LogP contribution in [-0.4, -0.2) is 25.2 Å². The van der Waals surface area contributed by atoms with Gasteiger partial charge >= 0.3 is 0 Å². The lowest BCUT2D eigenvalue weighted by Crippen LogP contribution is -2.25. The van der Waals surface area contributed by atoms with E-state index < -0.39 is 0 Å². The van der Waals surface area contributed by atoms with Crippen molar-refractivity contribution in [3.8, 4) is 0 Å². The highest BCUT2D eigenvalue weighted by Gasteiger charge is 2.47. The van der Waals surface area contributed by atoms with E-state index in [9.17, 15) is 0 Å². The van der Waals surface area contributed by atoms with Gasteiger partial charge in [0, 0.05) is 12.1 Å². The van der Waals surface area contributed by atoms with E-state index in [4.69, 9.17) is 0 Å². The monoisotopic (exact) mass is 140 g/mol. The fourth-order valence-electron chi connectivity index (χ4n) is 1.84. The lowest BCUT2D eigenvalue weighted by atomic mass is 10.2. The quantitative estimate of drug-likeness (QED) is 0.502. The highest BCUT2D eigenvalue weighted by atomic mass is 15.1. The van der Waals surface area contributed by atoms with Crippen LogP contribution in [0.2, 0.25) is 0 Å². The van der Waals surface area contributed by atoms with Gasteiger partial charge in [0.15, 0.2) is 0 Å². The van der Waals surface area contributed by atoms with Crippen LogP contribution in [0.25, 0.3) is 0 Å². The first-order chi connectivity index (χ1) is 4.79. The van der Waals surface area contributed by atoms with E-state index in [2.05, 4.69) is 24.5 Å². The van der Waals surface area contributed by atoms with Crippen molar-refractivity contribution in [2.45, 2.75) is 25.9 Å². The van der Waals surface area contributed by atoms with Crippen molar-refractivity contribution in [1.82, 2.24) is 10.6 Å². The predicted molar refractivity (Wildman–Crippen MR) is 41.9 cm³/mol. The molecule has 2 aliphatic rings. The van der Waals surface area contributed by atoms with Crippen LogP contribution in [0.15, 0.2) is 0 Å². The molecule has 0 aromatic rings. The number of nitrogens with one attached hydrogen (secondary N) is 2. The van der Waals surface area contributed by atoms with E-state index in [0.29, 0.717) is 0 Å². The molecular weight excluding hydrogens is 124 g/mol. The average Bonchev–Trinajstić information content (AvgIpc) is 2.56. The van der Waals surface area contributed by atoms with Gasteiger partial charge in [-0.1, -0.05) is 13.8 Å². The van der Waals surface area contributed by atoms with Crippen molar-refractivity contribution < 1.29 is 0 Å². The summed E-state index contributed by atoms with van der Waals surface area (Å²) in [6.45, 7) is 6.98. The van der Waals surface area contributed by atoms with Gasteiger partial charge in [-0.25, -0.2) is 0 Å². The minimum atomic E-state index is 0.782. The molecule has 10 heavy (non-hydrogen) atoms. The third-order valence-electron chi connectivity index (χ3n) is 2.78. The molecular formula is C8H16N2. The second kappa shape index (κ2) is 2.21. The number of rotatable bonds is 0. The Bertz CT molecular complexity index is 121. The molecule has 0 amide bonds. The molecule has 0 bridgehead atoms. The van der Waals surface area contributed by atoms with Crippen molar-refractivity contribution in [3.05, 3.63) is 0 Å². The molecule has 4 atom stereocenters. The minimum absolute atomic E-state index is 0.782. The maximum Gasteiger partial charge on any atom is 0.0265 e. The third-order valence-corrected chi connectivity index (χ3v) is 2.78. The van der Waals surface area contributed by atoms with Gasteiger partial charge in [-0.2, -0.15) is 0 Å². The maximum absolute atomic E-state index is 3.56. The second-order valence-corrected chi connectivity index (χ2v) is 3.83. The van der Waals surface area contributed by atoms with E-state index in [0.717, 1.165) is 23.9 Å². The van der Waals surface area contributed by atoms with Gasteiger partial charge < -0.3 is 10.6 Å². The molecule has 1 aliphatic heterocycles. The molecule has 2 nitrogen and oxygen atoms in total. The first kappa shape index (κ1) is 6.62. The van der Waals surface area contributed by atoms with Crippen molar-refractivity contribution >= 4 is 0 Å². The second-order valence-electron chi connectivity index (χ2n) is 3.83. The Morgan fingerprint density at radius 1 is 1.00 bits per heavy atom. The first-order valence-corrected chi connectivity index (χ1v) is 4.26. The molecule has 58 valence electrons. The number of hydrogen-bond donors (Lipinski definition) is 2. The largest absolute Gasteiger partial charge is 0.312 e. The van der Waals surface area contributed by atoms with Gasteiger partial charge in [0.2, 0.25) is 0 Å². The summed E-state index contributed by atoms with van der Waals surface area (Å²) in [6, 6.07) is 1.56. The third kappa shape index (κ3) is 0.956. The zero-order valence-electron chi connectivity index (χ0n) is 6.72. The molecule has 2 fully saturated rings. The lowest BCUT2D eigenvalue weighted by molar-refractivity contribution is 0.493. The standard InChI is InChI=1S/C8H16N2/c1-5-3-9-7-6(2)8(7)10-4-5/h5-10H,3-4H2,1-2H3/t5-,6-,7+,8-. The summed E-state index contributed by atoms with van der Waals surface area (Å²) in [5, 5.41) is 7.11. The Morgan fingerprint density at radius 3 is 2.00 bits per heavy atom. The summed E-state index contributed by atoms with van der Waals surface area (Å²) in [7, 11) is 0. The Hall–Kier alpha value is -0.0800. The smallest absolute Gasteiger partial charge is 0.0265 e. The molecule has 0 spiro atoms. The van der Waals surface area contributed by atoms with Crippen LogP contribution in [0.4, 0.5) is 0 Å². The Balaban J connectivity index is 1.91. The average molecular weight is 140 g/mol. The summed E-state index contributed by atoms with van der Waals surface area (Å²) in [6.07, 6.45) is 0. The van der Waals surface area contributed by atoms with Crippen molar-refractivity contribution in [2.75, 3.05) is 13.1 Å². The van der Waals surface area contributed by atoms with Gasteiger partial charge in [0.05, 0.1) is 0 Å². The highest BCUT2D eigenvalue weighted by Crippen LogP contribution is 2.31. The summed E-state index contributed by atoms with van der Waals surface area (Å²) < 4.78 is 0. The highest BCUT2D eigenvalue weighted by molar-refractivity contribution is 5.08. The van der Waals surface area contributed by atoms with E-state index in [1.54, 1.807) is 0 Å². The van der Waals surface area contributed by atoms with Crippen LogP contribution in [0.5, 0.6) is 0 Å². The maximum atomic E-state index is 3.56. The van der Waals surface area contributed by atoms with Crippen LogP contribution in [0.3, 0.4) is 0 Å². The first-order valence-electron chi connectivity index (χ1n) is 4.26. The fraction of sp³-hybridized carbons (Fsp3) is 1.00. The molecule has 2 N–H and O–H groups in total. The molecule has 2 heteroatoms. The molecule has 0 aromatic heterocycles. The van der Waals surface area contributed by atoms with Crippen LogP contribution in [0.1, 0.15) is 13.8 Å². The zero-order chi connectivity index (χ0) is 7.14. The fourth-order valence-corrected chi connectivity index (χ4v) is 1.84. The summed E-state index contributed by atoms with van der Waals surface area (Å²) in [5.74, 6) is 1.67. The summed E-state index contributed by atoms with van der Waals surface area (Å²) in [5.41, 5.74) is 0. The van der Waals surface area contributed by atoms with E-state index in [1.807, 2.05) is 0 Å². The molecule has 2 rings (SSSR count). The molecule has 0 aromatic carbocycles. The minimum Gasteiger partial charge on any atom is -0.312 e. The van der Waals surface area contributed by atoms with Crippen molar-refractivity contribution in [2.24, 2.45) is 11.8 Å². The van der Waals surface area contributed by atoms with Crippen LogP contribution >= 0.6 is 0 Å². The van der Waals surface area contributed by atoms with Crippen LogP contribution in [0, 0.1) is 11.8 Å². The molecule has 1 aliphatic carbocycles. The number of hydrogen-bond acceptors (Lipinski definition) is 2. The van der Waals surface area contributed by atoms with Gasteiger partial charge in [-0.15, -0.1) is 0 Å². The SMILES string of the molecule is C[C@H]1CN[C@@H]2[C@H](C)[C@@H]2NC1. The molecule has 0 radical (unpaired) electrons. The zero-order valence-corrected chi connectivity index (χ0v) is 6.72. The van der Waals surface area contributed by atoms with E-state index in [1.165, 1.54) is 13.1 Å². The van der Waals surface area contributed by atoms with Gasteiger partial charge in [0.25, 0.3) is 0 Å². The van der Waals surface area contributed by atoms with E-state index in [-0.39, 0.29) is 0 Å². The topological polar surface area (TPSA) is 24.1 Å². The lowest BCUT2D eigenvalue weighted by Gasteiger charge is -2.08. The van der Waals surface area contributed by atoms with Crippen molar-refractivity contribution in [1.29, 1.82) is 0 Å². The van der Waals surface area contributed by atoms with Gasteiger partial charge in [-0.05, 0) is 24.9 Å². The van der Waals surface area contributed by atoms with Crippen molar-refractivity contribution in [3.63, 3.8) is 0 Å². The normalized spacial score (nSPS) is 53.4. The Kier molecular flexibility index (Phi) is 1.46. The Labute approximate surface area is 62.4 Å². The van der Waals surface area contributed by atoms with Gasteiger partial charge in [-0.3, -0.25) is 0 Å². The molecule has 0 unspecified atom stereocenters. The molecule has 1 heterocycles. The summed E-state index contributed by atoms with van der Waals surface area (Å²) in [4.78, 5) is 0. The Morgan fingerprint density at radius 2 is 1.50 bits per heavy atom. The number of fused-ring (bicyclic) bond motifs is 1. The summed E-state index contributed by atoms with van der Waals surface area (Å²) >= 11 is 0.